The zero-order valence-corrected chi connectivity index (χ0v) is 15.3. The number of pyridine rings is 1. The van der Waals surface area contributed by atoms with E-state index in [2.05, 4.69) is 5.32 Å². The molecule has 25 heavy (non-hydrogen) atoms. The lowest BCUT2D eigenvalue weighted by molar-refractivity contribution is -0.683. The molecule has 6 heteroatoms. The average molecular weight is 393 g/mol. The number of halogens is 3. The van der Waals surface area contributed by atoms with Crippen molar-refractivity contribution in [3.05, 3.63) is 82.1 Å². The van der Waals surface area contributed by atoms with E-state index in [1.54, 1.807) is 0 Å². The van der Waals surface area contributed by atoms with Gasteiger partial charge in [-0.05, 0) is 23.8 Å². The molecule has 1 heterocycles. The molecule has 0 saturated carbocycles. The summed E-state index contributed by atoms with van der Waals surface area (Å²) >= 11 is 18.0. The second-order valence-electron chi connectivity index (χ2n) is 5.43. The first kappa shape index (κ1) is 17.7. The predicted octanol–water partition coefficient (Wildman–Crippen LogP) is 5.24. The summed E-state index contributed by atoms with van der Waals surface area (Å²) in [6.07, 6.45) is 3.76. The lowest BCUT2D eigenvalue weighted by Gasteiger charge is -2.07. The van der Waals surface area contributed by atoms with Crippen molar-refractivity contribution in [2.75, 3.05) is 5.32 Å². The van der Waals surface area contributed by atoms with Crippen molar-refractivity contribution in [3.8, 4) is 11.1 Å². The quantitative estimate of drug-likeness (QED) is 0.478. The Labute approximate surface area is 160 Å². The number of amides is 1. The Morgan fingerprint density at radius 1 is 0.880 bits per heavy atom. The maximum Gasteiger partial charge on any atom is 0.290 e. The van der Waals surface area contributed by atoms with Crippen molar-refractivity contribution in [1.29, 1.82) is 0 Å². The van der Waals surface area contributed by atoms with Crippen molar-refractivity contribution in [2.45, 2.75) is 6.54 Å². The van der Waals surface area contributed by atoms with Crippen LogP contribution in [-0.4, -0.2) is 5.91 Å². The van der Waals surface area contributed by atoms with Crippen LogP contribution >= 0.6 is 34.8 Å². The molecular formula is C19H14Cl3N2O+. The highest BCUT2D eigenvalue weighted by atomic mass is 35.5. The van der Waals surface area contributed by atoms with Gasteiger partial charge in [-0.25, -0.2) is 0 Å². The zero-order chi connectivity index (χ0) is 17.8. The van der Waals surface area contributed by atoms with Crippen molar-refractivity contribution < 1.29 is 9.36 Å². The minimum atomic E-state index is -0.212. The molecule has 3 nitrogen and oxygen atoms in total. The lowest BCUT2D eigenvalue weighted by Crippen LogP contribution is -2.39. The summed E-state index contributed by atoms with van der Waals surface area (Å²) in [5.41, 5.74) is 2.55. The molecule has 0 spiro atoms. The van der Waals surface area contributed by atoms with Crippen LogP contribution in [0.3, 0.4) is 0 Å². The van der Waals surface area contributed by atoms with Gasteiger partial charge in [-0.15, -0.1) is 0 Å². The zero-order valence-electron chi connectivity index (χ0n) is 13.0. The van der Waals surface area contributed by atoms with Crippen LogP contribution in [0, 0.1) is 0 Å². The standard InChI is InChI=1S/C19H13Cl3N2O/c20-15-9-17(22)18(10-16(15)21)23-19(25)12-24-8-4-7-14(11-24)13-5-2-1-3-6-13/h1-11H,12H2/p+1. The molecule has 0 aliphatic heterocycles. The number of hydrogen-bond acceptors (Lipinski definition) is 1. The fourth-order valence-electron chi connectivity index (χ4n) is 2.40. The molecule has 3 rings (SSSR count). The van der Waals surface area contributed by atoms with Gasteiger partial charge in [-0.2, -0.15) is 4.57 Å². The highest BCUT2D eigenvalue weighted by Crippen LogP contribution is 2.32. The molecule has 3 aromatic rings. The van der Waals surface area contributed by atoms with E-state index in [-0.39, 0.29) is 12.5 Å². The van der Waals surface area contributed by atoms with Crippen LogP contribution in [0.1, 0.15) is 0 Å². The first-order valence-corrected chi connectivity index (χ1v) is 8.65. The fourth-order valence-corrected chi connectivity index (χ4v) is 2.99. The number of benzene rings is 2. The Morgan fingerprint density at radius 3 is 2.32 bits per heavy atom. The molecule has 0 unspecified atom stereocenters. The molecule has 1 aromatic heterocycles. The highest BCUT2D eigenvalue weighted by Gasteiger charge is 2.14. The lowest BCUT2D eigenvalue weighted by atomic mass is 10.1. The summed E-state index contributed by atoms with van der Waals surface area (Å²) < 4.78 is 1.81. The molecule has 0 bridgehead atoms. The Bertz CT molecular complexity index is 914. The van der Waals surface area contributed by atoms with Gasteiger partial charge >= 0.3 is 0 Å². The SMILES string of the molecule is O=C(C[n+]1cccc(-c2ccccc2)c1)Nc1cc(Cl)c(Cl)cc1Cl. The topological polar surface area (TPSA) is 33.0 Å². The van der Waals surface area contributed by atoms with E-state index >= 15 is 0 Å². The van der Waals surface area contributed by atoms with Crippen LogP contribution < -0.4 is 9.88 Å². The molecule has 2 aromatic carbocycles. The van der Waals surface area contributed by atoms with Crippen LogP contribution in [0.2, 0.25) is 15.1 Å². The predicted molar refractivity (Wildman–Crippen MR) is 102 cm³/mol. The molecule has 0 radical (unpaired) electrons. The van der Waals surface area contributed by atoms with Gasteiger partial charge in [0.05, 0.1) is 20.8 Å². The van der Waals surface area contributed by atoms with Gasteiger partial charge in [0.1, 0.15) is 0 Å². The van der Waals surface area contributed by atoms with Crippen LogP contribution in [-0.2, 0) is 11.3 Å². The summed E-state index contributed by atoms with van der Waals surface area (Å²) in [6.45, 7) is 0.150. The molecule has 0 aliphatic carbocycles. The van der Waals surface area contributed by atoms with Crippen molar-refractivity contribution in [2.24, 2.45) is 0 Å². The third-order valence-corrected chi connectivity index (χ3v) is 4.61. The van der Waals surface area contributed by atoms with E-state index in [0.29, 0.717) is 20.8 Å². The van der Waals surface area contributed by atoms with E-state index < -0.39 is 0 Å². The monoisotopic (exact) mass is 391 g/mol. The normalized spacial score (nSPS) is 10.5. The highest BCUT2D eigenvalue weighted by molar-refractivity contribution is 6.44. The summed E-state index contributed by atoms with van der Waals surface area (Å²) in [5.74, 6) is -0.212. The Balaban J connectivity index is 1.75. The second-order valence-corrected chi connectivity index (χ2v) is 6.65. The van der Waals surface area contributed by atoms with Crippen LogP contribution in [0.25, 0.3) is 11.1 Å². The molecule has 1 amide bonds. The van der Waals surface area contributed by atoms with Gasteiger partial charge in [0, 0.05) is 11.6 Å². The van der Waals surface area contributed by atoms with Gasteiger partial charge in [0.15, 0.2) is 12.4 Å². The number of aromatic nitrogens is 1. The Morgan fingerprint density at radius 2 is 1.56 bits per heavy atom. The van der Waals surface area contributed by atoms with Crippen molar-refractivity contribution >= 4 is 46.4 Å². The molecule has 126 valence electrons. The summed E-state index contributed by atoms with van der Waals surface area (Å²) in [6, 6.07) is 16.9. The first-order valence-electron chi connectivity index (χ1n) is 7.52. The largest absolute Gasteiger partial charge is 0.319 e. The first-order chi connectivity index (χ1) is 12.0. The maximum absolute atomic E-state index is 12.3. The maximum atomic E-state index is 12.3. The number of anilines is 1. The Hall–Kier alpha value is -2.07. The van der Waals surface area contributed by atoms with Gasteiger partial charge in [-0.3, -0.25) is 4.79 Å². The summed E-state index contributed by atoms with van der Waals surface area (Å²) in [7, 11) is 0. The van der Waals surface area contributed by atoms with E-state index in [1.807, 2.05) is 59.4 Å². The molecule has 0 saturated heterocycles. The number of nitrogens with one attached hydrogen (secondary N) is 1. The molecular weight excluding hydrogens is 379 g/mol. The van der Waals surface area contributed by atoms with Crippen molar-refractivity contribution in [1.82, 2.24) is 0 Å². The third-order valence-electron chi connectivity index (χ3n) is 3.58. The number of carbonyl (C=O) groups excluding carboxylic acids is 1. The average Bonchev–Trinajstić information content (AvgIpc) is 2.60. The van der Waals surface area contributed by atoms with E-state index in [4.69, 9.17) is 34.8 Å². The second kappa shape index (κ2) is 7.87. The van der Waals surface area contributed by atoms with Gasteiger partial charge < -0.3 is 5.32 Å². The van der Waals surface area contributed by atoms with E-state index in [9.17, 15) is 4.79 Å². The molecule has 0 aliphatic rings. The third kappa shape index (κ3) is 4.51. The number of rotatable bonds is 4. The number of nitrogens with zero attached hydrogens (tertiary/aromatic N) is 1. The summed E-state index contributed by atoms with van der Waals surface area (Å²) in [5, 5.41) is 3.77. The Kier molecular flexibility index (Phi) is 5.59. The molecule has 0 atom stereocenters. The number of hydrogen-bond donors (Lipinski definition) is 1. The van der Waals surface area contributed by atoms with Crippen LogP contribution in [0.15, 0.2) is 67.0 Å². The van der Waals surface area contributed by atoms with Gasteiger partial charge in [0.2, 0.25) is 6.54 Å². The molecule has 0 fully saturated rings. The smallest absolute Gasteiger partial charge is 0.290 e. The van der Waals surface area contributed by atoms with E-state index in [1.165, 1.54) is 12.1 Å². The van der Waals surface area contributed by atoms with Crippen LogP contribution in [0.5, 0.6) is 0 Å². The molecule has 1 N–H and O–H groups in total. The van der Waals surface area contributed by atoms with Gasteiger partial charge in [0.25, 0.3) is 5.91 Å². The van der Waals surface area contributed by atoms with Gasteiger partial charge in [-0.1, -0.05) is 65.1 Å². The minimum absolute atomic E-state index is 0.150. The summed E-state index contributed by atoms with van der Waals surface area (Å²) in [4.78, 5) is 12.3. The fraction of sp³-hybridized carbons (Fsp3) is 0.0526. The van der Waals surface area contributed by atoms with Crippen LogP contribution in [0.4, 0.5) is 5.69 Å². The van der Waals surface area contributed by atoms with Crippen molar-refractivity contribution in [3.63, 3.8) is 0 Å². The minimum Gasteiger partial charge on any atom is -0.319 e. The van der Waals surface area contributed by atoms with E-state index in [0.717, 1.165) is 11.1 Å². The number of carbonyl (C=O) groups is 1.